The van der Waals surface area contributed by atoms with Gasteiger partial charge < -0.3 is 20.4 Å². The lowest BCUT2D eigenvalue weighted by molar-refractivity contribution is -0.536. The number of nitro groups is 1. The van der Waals surface area contributed by atoms with E-state index in [1.54, 1.807) is 0 Å². The highest BCUT2D eigenvalue weighted by Gasteiger charge is 2.37. The van der Waals surface area contributed by atoms with E-state index in [4.69, 9.17) is 20.4 Å². The molecule has 130 valence electrons. The maximum absolute atomic E-state index is 10.9. The number of carboxylic acids is 4. The van der Waals surface area contributed by atoms with Gasteiger partial charge in [0.05, 0.1) is 18.0 Å². The van der Waals surface area contributed by atoms with Crippen molar-refractivity contribution in [1.29, 1.82) is 0 Å². The first-order valence-electron chi connectivity index (χ1n) is 6.02. The molecular formula is C10H15N3O10. The van der Waals surface area contributed by atoms with Gasteiger partial charge in [0.25, 0.3) is 0 Å². The molecule has 13 heteroatoms. The summed E-state index contributed by atoms with van der Waals surface area (Å²) in [6.45, 7) is -3.30. The van der Waals surface area contributed by atoms with Crippen LogP contribution >= 0.6 is 0 Å². The van der Waals surface area contributed by atoms with Gasteiger partial charge in [-0.25, -0.2) is 9.69 Å². The normalized spacial score (nSPS) is 12.1. The highest BCUT2D eigenvalue weighted by Crippen LogP contribution is 2.03. The number of nitrogens with zero attached hydrogens (tertiary/aromatic N) is 3. The summed E-state index contributed by atoms with van der Waals surface area (Å²) in [6, 6.07) is 0. The van der Waals surface area contributed by atoms with Crippen LogP contribution < -0.4 is 0 Å². The van der Waals surface area contributed by atoms with Crippen LogP contribution in [-0.4, -0.2) is 97.9 Å². The van der Waals surface area contributed by atoms with Crippen molar-refractivity contribution in [2.24, 2.45) is 0 Å². The standard InChI is InChI=1S/C10H15N3O10/c14-6(15)3-11(4-7(16)17)1-2-12(5-8(18)19)9(10(20)21)13(22)23/h9H,1-5H2,(H,14,15)(H,16,17)(H,18,19)(H,20,21). The van der Waals surface area contributed by atoms with E-state index in [2.05, 4.69) is 0 Å². The highest BCUT2D eigenvalue weighted by molar-refractivity contribution is 5.74. The van der Waals surface area contributed by atoms with E-state index in [-0.39, 0.29) is 6.54 Å². The zero-order valence-electron chi connectivity index (χ0n) is 11.7. The minimum absolute atomic E-state index is 0.385. The van der Waals surface area contributed by atoms with Crippen molar-refractivity contribution >= 4 is 23.9 Å². The largest absolute Gasteiger partial charge is 0.480 e. The Morgan fingerprint density at radius 1 is 0.870 bits per heavy atom. The number of hydrogen-bond donors (Lipinski definition) is 4. The average Bonchev–Trinajstić information content (AvgIpc) is 2.32. The molecule has 0 aromatic rings. The molecule has 0 saturated heterocycles. The Hall–Kier alpha value is -2.80. The van der Waals surface area contributed by atoms with Gasteiger partial charge in [-0.3, -0.25) is 29.4 Å². The molecule has 0 heterocycles. The van der Waals surface area contributed by atoms with Gasteiger partial charge in [-0.1, -0.05) is 0 Å². The summed E-state index contributed by atoms with van der Waals surface area (Å²) >= 11 is 0. The molecule has 0 aliphatic rings. The van der Waals surface area contributed by atoms with Crippen LogP contribution in [0, 0.1) is 10.1 Å². The zero-order chi connectivity index (χ0) is 18.2. The first-order chi connectivity index (χ1) is 10.5. The van der Waals surface area contributed by atoms with Gasteiger partial charge >= 0.3 is 30.0 Å². The second-order valence-electron chi connectivity index (χ2n) is 4.36. The Morgan fingerprint density at radius 3 is 1.61 bits per heavy atom. The van der Waals surface area contributed by atoms with Gasteiger partial charge in [-0.05, 0) is 0 Å². The fraction of sp³-hybridized carbons (Fsp3) is 0.600. The molecule has 1 unspecified atom stereocenters. The van der Waals surface area contributed by atoms with Crippen molar-refractivity contribution in [3.8, 4) is 0 Å². The van der Waals surface area contributed by atoms with Crippen LogP contribution in [0.5, 0.6) is 0 Å². The van der Waals surface area contributed by atoms with Crippen molar-refractivity contribution in [2.75, 3.05) is 32.7 Å². The zero-order valence-corrected chi connectivity index (χ0v) is 11.7. The third kappa shape index (κ3) is 8.27. The van der Waals surface area contributed by atoms with Gasteiger partial charge in [0.2, 0.25) is 0 Å². The lowest BCUT2D eigenvalue weighted by Gasteiger charge is -2.24. The summed E-state index contributed by atoms with van der Waals surface area (Å²) in [4.78, 5) is 53.7. The van der Waals surface area contributed by atoms with Crippen molar-refractivity contribution in [3.63, 3.8) is 0 Å². The number of carbonyl (C=O) groups is 4. The van der Waals surface area contributed by atoms with Gasteiger partial charge in [-0.2, -0.15) is 0 Å². The van der Waals surface area contributed by atoms with E-state index < -0.39 is 61.1 Å². The Morgan fingerprint density at radius 2 is 1.30 bits per heavy atom. The van der Waals surface area contributed by atoms with Crippen molar-refractivity contribution in [3.05, 3.63) is 10.1 Å². The molecule has 0 amide bonds. The first-order valence-corrected chi connectivity index (χ1v) is 6.02. The molecule has 0 radical (unpaired) electrons. The lowest BCUT2D eigenvalue weighted by atomic mass is 10.3. The number of hydrogen-bond acceptors (Lipinski definition) is 8. The molecule has 0 bridgehead atoms. The van der Waals surface area contributed by atoms with E-state index in [0.29, 0.717) is 4.90 Å². The summed E-state index contributed by atoms with van der Waals surface area (Å²) < 4.78 is 0. The fourth-order valence-electron chi connectivity index (χ4n) is 1.71. The van der Waals surface area contributed by atoms with Crippen LogP contribution in [0.25, 0.3) is 0 Å². The molecule has 4 N–H and O–H groups in total. The maximum atomic E-state index is 10.9. The third-order valence-corrected chi connectivity index (χ3v) is 2.53. The van der Waals surface area contributed by atoms with E-state index in [0.717, 1.165) is 4.90 Å². The van der Waals surface area contributed by atoms with Crippen LogP contribution in [0.4, 0.5) is 0 Å². The monoisotopic (exact) mass is 337 g/mol. The molecule has 23 heavy (non-hydrogen) atoms. The van der Waals surface area contributed by atoms with Crippen LogP contribution in [0.2, 0.25) is 0 Å². The summed E-state index contributed by atoms with van der Waals surface area (Å²) in [6.07, 6.45) is -2.34. The van der Waals surface area contributed by atoms with Crippen LogP contribution in [0.1, 0.15) is 0 Å². The van der Waals surface area contributed by atoms with Gasteiger partial charge in [0.15, 0.2) is 0 Å². The Balaban J connectivity index is 5.08. The van der Waals surface area contributed by atoms with Crippen LogP contribution in [-0.2, 0) is 19.2 Å². The van der Waals surface area contributed by atoms with Gasteiger partial charge in [-0.15, -0.1) is 0 Å². The quantitative estimate of drug-likeness (QED) is 0.166. The minimum atomic E-state index is -2.34. The topological polar surface area (TPSA) is 199 Å². The fourth-order valence-corrected chi connectivity index (χ4v) is 1.71. The molecule has 0 spiro atoms. The second kappa shape index (κ2) is 9.26. The maximum Gasteiger partial charge on any atom is 0.396 e. The summed E-state index contributed by atoms with van der Waals surface area (Å²) in [5, 5.41) is 45.5. The second-order valence-corrected chi connectivity index (χ2v) is 4.36. The Labute approximate surface area is 128 Å². The molecule has 0 rings (SSSR count). The van der Waals surface area contributed by atoms with Crippen LogP contribution in [0.15, 0.2) is 0 Å². The molecule has 0 saturated carbocycles. The van der Waals surface area contributed by atoms with Gasteiger partial charge in [0, 0.05) is 13.1 Å². The summed E-state index contributed by atoms with van der Waals surface area (Å²) in [7, 11) is 0. The number of aliphatic carboxylic acids is 4. The molecule has 0 aromatic carbocycles. The predicted molar refractivity (Wildman–Crippen MR) is 69.3 cm³/mol. The summed E-state index contributed by atoms with van der Waals surface area (Å²) in [5.74, 6) is -6.14. The lowest BCUT2D eigenvalue weighted by Crippen LogP contribution is -2.51. The smallest absolute Gasteiger partial charge is 0.396 e. The Bertz CT molecular complexity index is 463. The molecule has 1 atom stereocenters. The third-order valence-electron chi connectivity index (χ3n) is 2.53. The van der Waals surface area contributed by atoms with Gasteiger partial charge in [0.1, 0.15) is 6.54 Å². The summed E-state index contributed by atoms with van der Waals surface area (Å²) in [5.41, 5.74) is 0. The molecule has 0 aliphatic heterocycles. The predicted octanol–water partition coefficient (Wildman–Crippen LogP) is -2.47. The average molecular weight is 337 g/mol. The molecule has 13 nitrogen and oxygen atoms in total. The molecule has 0 aliphatic carbocycles. The van der Waals surface area contributed by atoms with E-state index in [9.17, 15) is 29.3 Å². The van der Waals surface area contributed by atoms with Crippen molar-refractivity contribution in [1.82, 2.24) is 9.80 Å². The van der Waals surface area contributed by atoms with E-state index in [1.165, 1.54) is 0 Å². The molecule has 0 fully saturated rings. The van der Waals surface area contributed by atoms with Crippen molar-refractivity contribution in [2.45, 2.75) is 6.17 Å². The van der Waals surface area contributed by atoms with E-state index >= 15 is 0 Å². The number of rotatable bonds is 12. The van der Waals surface area contributed by atoms with E-state index in [1.807, 2.05) is 0 Å². The minimum Gasteiger partial charge on any atom is -0.480 e. The Kier molecular flexibility index (Phi) is 8.14. The SMILES string of the molecule is O=C(O)CN(CCN(CC(=O)O)C(C(=O)O)[N+](=O)[O-])CC(=O)O. The molecular weight excluding hydrogens is 322 g/mol. The molecule has 0 aromatic heterocycles. The highest BCUT2D eigenvalue weighted by atomic mass is 16.6. The van der Waals surface area contributed by atoms with Crippen molar-refractivity contribution < 1.29 is 44.5 Å². The first kappa shape index (κ1) is 20.2. The van der Waals surface area contributed by atoms with Crippen LogP contribution in [0.3, 0.4) is 0 Å². The number of carboxylic acid groups (broad SMARTS) is 4.